The highest BCUT2D eigenvalue weighted by atomic mass is 16.2. The molecule has 1 aromatic heterocycles. The molecule has 3 rings (SSSR count). The monoisotopic (exact) mass is 348 g/mol. The van der Waals surface area contributed by atoms with Gasteiger partial charge in [0.25, 0.3) is 5.91 Å². The van der Waals surface area contributed by atoms with Gasteiger partial charge in [-0.2, -0.15) is 0 Å². The zero-order chi connectivity index (χ0) is 18.5. The Bertz CT molecular complexity index is 910. The predicted molar refractivity (Wildman–Crippen MR) is 104 cm³/mol. The van der Waals surface area contributed by atoms with Crippen LogP contribution < -0.4 is 5.32 Å². The second-order valence-corrected chi connectivity index (χ2v) is 6.90. The molecule has 134 valence electrons. The fourth-order valence-corrected chi connectivity index (χ4v) is 3.12. The minimum absolute atomic E-state index is 0.192. The van der Waals surface area contributed by atoms with Gasteiger partial charge in [0, 0.05) is 30.2 Å². The zero-order valence-corrected chi connectivity index (χ0v) is 15.2. The Hall–Kier alpha value is -2.88. The molecule has 4 nitrogen and oxygen atoms in total. The lowest BCUT2D eigenvalue weighted by atomic mass is 10.1. The highest BCUT2D eigenvalue weighted by Crippen LogP contribution is 2.25. The molecular formula is C22H24N2O2. The van der Waals surface area contributed by atoms with Gasteiger partial charge in [-0.25, -0.2) is 0 Å². The first kappa shape index (κ1) is 17.9. The Balaban J connectivity index is 1.75. The van der Waals surface area contributed by atoms with Gasteiger partial charge in [-0.1, -0.05) is 50.2 Å². The molecule has 0 radical (unpaired) electrons. The first-order valence-electron chi connectivity index (χ1n) is 9.01. The van der Waals surface area contributed by atoms with Crippen molar-refractivity contribution in [2.24, 2.45) is 5.92 Å². The lowest BCUT2D eigenvalue weighted by Crippen LogP contribution is -2.33. The number of fused-ring (bicyclic) bond motifs is 1. The molecule has 4 heteroatoms. The Morgan fingerprint density at radius 2 is 1.69 bits per heavy atom. The van der Waals surface area contributed by atoms with E-state index in [0.717, 1.165) is 16.8 Å². The van der Waals surface area contributed by atoms with Gasteiger partial charge in [-0.05, 0) is 36.1 Å². The maximum atomic E-state index is 11.9. The molecule has 0 bridgehead atoms. The van der Waals surface area contributed by atoms with Crippen molar-refractivity contribution >= 4 is 22.6 Å². The SMILES string of the molecule is CC(C)CC(=O)C(=O)NCCc1cn(-c2ccccc2)c2ccccc12. The normalized spacial score (nSPS) is 11.0. The molecule has 1 N–H and O–H groups in total. The maximum absolute atomic E-state index is 11.9. The molecule has 0 aliphatic heterocycles. The Morgan fingerprint density at radius 3 is 2.42 bits per heavy atom. The number of nitrogens with zero attached hydrogens (tertiary/aromatic N) is 1. The van der Waals surface area contributed by atoms with E-state index in [2.05, 4.69) is 40.3 Å². The Kier molecular flexibility index (Phi) is 5.52. The number of carbonyl (C=O) groups is 2. The van der Waals surface area contributed by atoms with Crippen LogP contribution in [0.15, 0.2) is 60.8 Å². The molecule has 1 amide bonds. The topological polar surface area (TPSA) is 51.1 Å². The highest BCUT2D eigenvalue weighted by Gasteiger charge is 2.15. The first-order chi connectivity index (χ1) is 12.6. The van der Waals surface area contributed by atoms with Crippen molar-refractivity contribution in [2.75, 3.05) is 6.54 Å². The predicted octanol–water partition coefficient (Wildman–Crippen LogP) is 3.90. The molecule has 0 unspecified atom stereocenters. The average molecular weight is 348 g/mol. The van der Waals surface area contributed by atoms with Crippen LogP contribution in [0.25, 0.3) is 16.6 Å². The van der Waals surface area contributed by atoms with Crippen LogP contribution in [-0.2, 0) is 16.0 Å². The number of rotatable bonds is 7. The van der Waals surface area contributed by atoms with E-state index in [9.17, 15) is 9.59 Å². The van der Waals surface area contributed by atoms with Crippen LogP contribution in [0.2, 0.25) is 0 Å². The second kappa shape index (κ2) is 8.00. The van der Waals surface area contributed by atoms with Crippen LogP contribution in [0.3, 0.4) is 0 Å². The summed E-state index contributed by atoms with van der Waals surface area (Å²) in [4.78, 5) is 23.7. The molecule has 0 saturated carbocycles. The number of para-hydroxylation sites is 2. The minimum atomic E-state index is -0.481. The standard InChI is InChI=1S/C22H24N2O2/c1-16(2)14-21(25)22(26)23-13-12-17-15-24(18-8-4-3-5-9-18)20-11-7-6-10-19(17)20/h3-11,15-16H,12-14H2,1-2H3,(H,23,26). The molecule has 0 fully saturated rings. The van der Waals surface area contributed by atoms with E-state index in [-0.39, 0.29) is 11.7 Å². The van der Waals surface area contributed by atoms with Crippen LogP contribution in [0.1, 0.15) is 25.8 Å². The fourth-order valence-electron chi connectivity index (χ4n) is 3.12. The van der Waals surface area contributed by atoms with Gasteiger partial charge >= 0.3 is 0 Å². The van der Waals surface area contributed by atoms with E-state index in [1.807, 2.05) is 44.2 Å². The van der Waals surface area contributed by atoms with Crippen molar-refractivity contribution in [3.05, 3.63) is 66.4 Å². The van der Waals surface area contributed by atoms with E-state index in [0.29, 0.717) is 19.4 Å². The van der Waals surface area contributed by atoms with Gasteiger partial charge in [0.2, 0.25) is 5.78 Å². The number of nitrogens with one attached hydrogen (secondary N) is 1. The van der Waals surface area contributed by atoms with Gasteiger partial charge in [0.05, 0.1) is 5.52 Å². The number of Topliss-reactive ketones (excluding diaryl/α,β-unsaturated/α-hetero) is 1. The molecule has 0 aliphatic carbocycles. The van der Waals surface area contributed by atoms with Crippen molar-refractivity contribution < 1.29 is 9.59 Å². The summed E-state index contributed by atoms with van der Waals surface area (Å²) in [6.45, 7) is 4.32. The van der Waals surface area contributed by atoms with Crippen LogP contribution in [0.5, 0.6) is 0 Å². The number of amides is 1. The third-order valence-electron chi connectivity index (χ3n) is 4.36. The quantitative estimate of drug-likeness (QED) is 0.658. The van der Waals surface area contributed by atoms with E-state index in [1.54, 1.807) is 0 Å². The third-order valence-corrected chi connectivity index (χ3v) is 4.36. The highest BCUT2D eigenvalue weighted by molar-refractivity contribution is 6.36. The van der Waals surface area contributed by atoms with E-state index in [1.165, 1.54) is 5.39 Å². The molecule has 0 aliphatic rings. The summed E-state index contributed by atoms with van der Waals surface area (Å²) in [5.41, 5.74) is 3.39. The second-order valence-electron chi connectivity index (χ2n) is 6.90. The van der Waals surface area contributed by atoms with Gasteiger partial charge in [0.15, 0.2) is 0 Å². The Morgan fingerprint density at radius 1 is 1.00 bits per heavy atom. The minimum Gasteiger partial charge on any atom is -0.349 e. The number of ketones is 1. The molecular weight excluding hydrogens is 324 g/mol. The number of carbonyl (C=O) groups excluding carboxylic acids is 2. The van der Waals surface area contributed by atoms with Crippen molar-refractivity contribution in [3.63, 3.8) is 0 Å². The fraction of sp³-hybridized carbons (Fsp3) is 0.273. The molecule has 3 aromatic rings. The van der Waals surface area contributed by atoms with E-state index < -0.39 is 5.91 Å². The first-order valence-corrected chi connectivity index (χ1v) is 9.01. The van der Waals surface area contributed by atoms with Crippen molar-refractivity contribution in [3.8, 4) is 5.69 Å². The lowest BCUT2D eigenvalue weighted by molar-refractivity contribution is -0.138. The lowest BCUT2D eigenvalue weighted by Gasteiger charge is -2.05. The van der Waals surface area contributed by atoms with Crippen molar-refractivity contribution in [1.82, 2.24) is 9.88 Å². The van der Waals surface area contributed by atoms with Crippen LogP contribution in [0.4, 0.5) is 0 Å². The third kappa shape index (κ3) is 4.02. The molecule has 26 heavy (non-hydrogen) atoms. The summed E-state index contributed by atoms with van der Waals surface area (Å²) < 4.78 is 2.16. The largest absolute Gasteiger partial charge is 0.349 e. The molecule has 0 atom stereocenters. The van der Waals surface area contributed by atoms with Gasteiger partial charge in [0.1, 0.15) is 0 Å². The van der Waals surface area contributed by atoms with Crippen LogP contribution in [-0.4, -0.2) is 22.8 Å². The molecule has 2 aromatic carbocycles. The summed E-state index contributed by atoms with van der Waals surface area (Å²) in [6, 6.07) is 18.4. The number of hydrogen-bond acceptors (Lipinski definition) is 2. The van der Waals surface area contributed by atoms with Gasteiger partial charge < -0.3 is 9.88 Å². The summed E-state index contributed by atoms with van der Waals surface area (Å²) in [7, 11) is 0. The number of benzene rings is 2. The smallest absolute Gasteiger partial charge is 0.287 e. The summed E-state index contributed by atoms with van der Waals surface area (Å²) in [5.74, 6) is -0.630. The summed E-state index contributed by atoms with van der Waals surface area (Å²) in [6.07, 6.45) is 3.09. The zero-order valence-electron chi connectivity index (χ0n) is 15.2. The maximum Gasteiger partial charge on any atom is 0.287 e. The molecule has 1 heterocycles. The van der Waals surface area contributed by atoms with E-state index in [4.69, 9.17) is 0 Å². The molecule has 0 saturated heterocycles. The van der Waals surface area contributed by atoms with Crippen molar-refractivity contribution in [2.45, 2.75) is 26.7 Å². The number of aromatic nitrogens is 1. The van der Waals surface area contributed by atoms with Crippen LogP contribution in [0, 0.1) is 5.92 Å². The Labute approximate surface area is 153 Å². The van der Waals surface area contributed by atoms with Gasteiger partial charge in [-0.15, -0.1) is 0 Å². The summed E-state index contributed by atoms with van der Waals surface area (Å²) in [5, 5.41) is 3.92. The van der Waals surface area contributed by atoms with E-state index >= 15 is 0 Å². The van der Waals surface area contributed by atoms with Crippen molar-refractivity contribution in [1.29, 1.82) is 0 Å². The summed E-state index contributed by atoms with van der Waals surface area (Å²) >= 11 is 0. The molecule has 0 spiro atoms. The number of hydrogen-bond donors (Lipinski definition) is 1. The van der Waals surface area contributed by atoms with Gasteiger partial charge in [-0.3, -0.25) is 9.59 Å². The van der Waals surface area contributed by atoms with Crippen LogP contribution >= 0.6 is 0 Å². The average Bonchev–Trinajstić information content (AvgIpc) is 3.01.